The number of benzene rings is 1. The van der Waals surface area contributed by atoms with E-state index >= 15 is 0 Å². The lowest BCUT2D eigenvalue weighted by atomic mass is 10.1. The normalized spacial score (nSPS) is 16.7. The van der Waals surface area contributed by atoms with Gasteiger partial charge in [-0.2, -0.15) is 0 Å². The highest BCUT2D eigenvalue weighted by molar-refractivity contribution is 5.28. The van der Waals surface area contributed by atoms with E-state index in [2.05, 4.69) is 30.4 Å². The Morgan fingerprint density at radius 2 is 2.17 bits per heavy atom. The van der Waals surface area contributed by atoms with Gasteiger partial charge in [-0.05, 0) is 30.7 Å². The Labute approximate surface area is 109 Å². The molecule has 1 aromatic carbocycles. The van der Waals surface area contributed by atoms with Gasteiger partial charge < -0.3 is 14.8 Å². The first kappa shape index (κ1) is 13.4. The van der Waals surface area contributed by atoms with Gasteiger partial charge in [0.1, 0.15) is 11.9 Å². The van der Waals surface area contributed by atoms with Crippen LogP contribution in [0.3, 0.4) is 0 Å². The van der Waals surface area contributed by atoms with Crippen molar-refractivity contribution in [1.29, 1.82) is 0 Å². The Morgan fingerprint density at radius 1 is 1.33 bits per heavy atom. The molecule has 100 valence electrons. The van der Waals surface area contributed by atoms with Gasteiger partial charge in [0.05, 0.1) is 13.2 Å². The Hall–Kier alpha value is -1.06. The molecule has 0 aliphatic carbocycles. The summed E-state index contributed by atoms with van der Waals surface area (Å²) in [6, 6.07) is 8.38. The van der Waals surface area contributed by atoms with Crippen LogP contribution in [0, 0.1) is 0 Å². The fourth-order valence-electron chi connectivity index (χ4n) is 2.12. The van der Waals surface area contributed by atoms with Crippen LogP contribution in [0.15, 0.2) is 24.3 Å². The van der Waals surface area contributed by atoms with Gasteiger partial charge in [0.25, 0.3) is 0 Å². The topological polar surface area (TPSA) is 30.5 Å². The third-order valence-electron chi connectivity index (χ3n) is 3.13. The number of hydrogen-bond acceptors (Lipinski definition) is 3. The molecule has 0 saturated carbocycles. The molecule has 0 radical (unpaired) electrons. The van der Waals surface area contributed by atoms with Crippen LogP contribution in [-0.4, -0.2) is 25.9 Å². The molecule has 0 amide bonds. The highest BCUT2D eigenvalue weighted by Crippen LogP contribution is 2.19. The second-order valence-corrected chi connectivity index (χ2v) is 4.75. The van der Waals surface area contributed by atoms with Gasteiger partial charge in [0, 0.05) is 19.4 Å². The fraction of sp³-hybridized carbons (Fsp3) is 0.600. The Balaban J connectivity index is 1.85. The third kappa shape index (κ3) is 4.31. The maximum absolute atomic E-state index is 5.99. The van der Waals surface area contributed by atoms with E-state index in [1.54, 1.807) is 0 Å². The molecule has 18 heavy (non-hydrogen) atoms. The first-order chi connectivity index (χ1) is 8.88. The van der Waals surface area contributed by atoms with Crippen LogP contribution in [0.25, 0.3) is 0 Å². The van der Waals surface area contributed by atoms with Gasteiger partial charge in [-0.25, -0.2) is 0 Å². The number of hydrogen-bond donors (Lipinski definition) is 1. The van der Waals surface area contributed by atoms with Crippen LogP contribution >= 0.6 is 0 Å². The van der Waals surface area contributed by atoms with Crippen LogP contribution in [0.4, 0.5) is 0 Å². The Bertz CT molecular complexity index is 348. The molecule has 1 aliphatic heterocycles. The van der Waals surface area contributed by atoms with Crippen LogP contribution in [0.1, 0.15) is 31.7 Å². The summed E-state index contributed by atoms with van der Waals surface area (Å²) in [6.07, 6.45) is 3.48. The van der Waals surface area contributed by atoms with Crippen LogP contribution in [0.5, 0.6) is 5.75 Å². The van der Waals surface area contributed by atoms with Crippen LogP contribution in [0.2, 0.25) is 0 Å². The lowest BCUT2D eigenvalue weighted by Crippen LogP contribution is -2.25. The van der Waals surface area contributed by atoms with Crippen molar-refractivity contribution in [2.45, 2.75) is 38.8 Å². The monoisotopic (exact) mass is 249 g/mol. The first-order valence-electron chi connectivity index (χ1n) is 6.92. The molecule has 0 spiro atoms. The lowest BCUT2D eigenvalue weighted by Gasteiger charge is -2.23. The van der Waals surface area contributed by atoms with E-state index in [1.807, 2.05) is 6.07 Å². The molecule has 1 fully saturated rings. The third-order valence-corrected chi connectivity index (χ3v) is 3.13. The minimum Gasteiger partial charge on any atom is -0.490 e. The molecule has 2 rings (SSSR count). The van der Waals surface area contributed by atoms with Crippen molar-refractivity contribution >= 4 is 0 Å². The van der Waals surface area contributed by atoms with Gasteiger partial charge in [-0.3, -0.25) is 0 Å². The SMILES string of the molecule is CCCNCc1cccc(OC2CCOCC2)c1. The van der Waals surface area contributed by atoms with Crippen molar-refractivity contribution in [3.8, 4) is 5.75 Å². The maximum atomic E-state index is 5.99. The van der Waals surface area contributed by atoms with E-state index in [0.29, 0.717) is 6.10 Å². The molecule has 3 nitrogen and oxygen atoms in total. The van der Waals surface area contributed by atoms with E-state index in [4.69, 9.17) is 9.47 Å². The number of rotatable bonds is 6. The van der Waals surface area contributed by atoms with E-state index < -0.39 is 0 Å². The zero-order chi connectivity index (χ0) is 12.6. The van der Waals surface area contributed by atoms with Crippen molar-refractivity contribution in [2.75, 3.05) is 19.8 Å². The average molecular weight is 249 g/mol. The highest BCUT2D eigenvalue weighted by atomic mass is 16.5. The second-order valence-electron chi connectivity index (χ2n) is 4.75. The summed E-state index contributed by atoms with van der Waals surface area (Å²) in [4.78, 5) is 0. The van der Waals surface area contributed by atoms with E-state index in [1.165, 1.54) is 5.56 Å². The van der Waals surface area contributed by atoms with E-state index in [0.717, 1.165) is 51.3 Å². The summed E-state index contributed by atoms with van der Waals surface area (Å²) in [7, 11) is 0. The van der Waals surface area contributed by atoms with Gasteiger partial charge in [0.15, 0.2) is 0 Å². The van der Waals surface area contributed by atoms with Gasteiger partial charge in [0.2, 0.25) is 0 Å². The predicted molar refractivity (Wildman–Crippen MR) is 72.9 cm³/mol. The molecule has 1 N–H and O–H groups in total. The molecule has 1 aliphatic rings. The number of nitrogens with one attached hydrogen (secondary N) is 1. The van der Waals surface area contributed by atoms with Crippen molar-refractivity contribution in [1.82, 2.24) is 5.32 Å². The Kier molecular flexibility index (Phi) is 5.49. The van der Waals surface area contributed by atoms with Crippen LogP contribution in [-0.2, 0) is 11.3 Å². The molecule has 1 saturated heterocycles. The maximum Gasteiger partial charge on any atom is 0.120 e. The smallest absolute Gasteiger partial charge is 0.120 e. The van der Waals surface area contributed by atoms with E-state index in [9.17, 15) is 0 Å². The fourth-order valence-corrected chi connectivity index (χ4v) is 2.12. The Morgan fingerprint density at radius 3 is 2.94 bits per heavy atom. The zero-order valence-electron chi connectivity index (χ0n) is 11.2. The number of ether oxygens (including phenoxy) is 2. The molecular formula is C15H23NO2. The van der Waals surface area contributed by atoms with Crippen molar-refractivity contribution in [3.63, 3.8) is 0 Å². The summed E-state index contributed by atoms with van der Waals surface area (Å²) in [5.41, 5.74) is 1.29. The molecular weight excluding hydrogens is 226 g/mol. The molecule has 0 atom stereocenters. The van der Waals surface area contributed by atoms with Crippen molar-refractivity contribution in [3.05, 3.63) is 29.8 Å². The van der Waals surface area contributed by atoms with Gasteiger partial charge >= 0.3 is 0 Å². The highest BCUT2D eigenvalue weighted by Gasteiger charge is 2.15. The quantitative estimate of drug-likeness (QED) is 0.786. The minimum absolute atomic E-state index is 0.317. The average Bonchev–Trinajstić information content (AvgIpc) is 2.41. The van der Waals surface area contributed by atoms with E-state index in [-0.39, 0.29) is 0 Å². The zero-order valence-corrected chi connectivity index (χ0v) is 11.2. The lowest BCUT2D eigenvalue weighted by molar-refractivity contribution is 0.0255. The van der Waals surface area contributed by atoms with Crippen molar-refractivity contribution < 1.29 is 9.47 Å². The summed E-state index contributed by atoms with van der Waals surface area (Å²) in [5.74, 6) is 0.984. The molecule has 0 bridgehead atoms. The summed E-state index contributed by atoms with van der Waals surface area (Å²) in [6.45, 7) is 5.80. The molecule has 1 heterocycles. The first-order valence-corrected chi connectivity index (χ1v) is 6.92. The molecule has 3 heteroatoms. The van der Waals surface area contributed by atoms with Gasteiger partial charge in [-0.15, -0.1) is 0 Å². The standard InChI is InChI=1S/C15H23NO2/c1-2-8-16-12-13-4-3-5-15(11-13)18-14-6-9-17-10-7-14/h3-5,11,14,16H,2,6-10,12H2,1H3. The minimum atomic E-state index is 0.317. The molecule has 0 unspecified atom stereocenters. The molecule has 1 aromatic rings. The second kappa shape index (κ2) is 7.39. The summed E-state index contributed by atoms with van der Waals surface area (Å²) >= 11 is 0. The largest absolute Gasteiger partial charge is 0.490 e. The van der Waals surface area contributed by atoms with Crippen molar-refractivity contribution in [2.24, 2.45) is 0 Å². The van der Waals surface area contributed by atoms with Gasteiger partial charge in [-0.1, -0.05) is 19.1 Å². The predicted octanol–water partition coefficient (Wildman–Crippen LogP) is 2.74. The molecule has 0 aromatic heterocycles. The summed E-state index contributed by atoms with van der Waals surface area (Å²) in [5, 5.41) is 3.41. The summed E-state index contributed by atoms with van der Waals surface area (Å²) < 4.78 is 11.3. The van der Waals surface area contributed by atoms with Crippen LogP contribution < -0.4 is 10.1 Å².